The maximum absolute atomic E-state index is 12.8. The number of hydrogen-bond acceptors (Lipinski definition) is 6. The van der Waals surface area contributed by atoms with Gasteiger partial charge in [-0.15, -0.1) is 0 Å². The van der Waals surface area contributed by atoms with Crippen LogP contribution >= 0.6 is 0 Å². The van der Waals surface area contributed by atoms with Crippen LogP contribution in [0.3, 0.4) is 0 Å². The van der Waals surface area contributed by atoms with Gasteiger partial charge in [-0.25, -0.2) is 0 Å². The van der Waals surface area contributed by atoms with Crippen LogP contribution in [-0.4, -0.2) is 37.2 Å². The fraction of sp³-hybridized carbons (Fsp3) is 0.833. The topological polar surface area (TPSA) is 78.9 Å². The molecule has 0 amide bonds. The molecule has 0 N–H and O–H groups in total. The van der Waals surface area contributed by atoms with Crippen LogP contribution in [0.2, 0.25) is 0 Å². The first-order valence-corrected chi connectivity index (χ1v) is 26.0. The lowest BCUT2D eigenvalue weighted by Crippen LogP contribution is -2.30. The third-order valence-electron chi connectivity index (χ3n) is 11.4. The fourth-order valence-electron chi connectivity index (χ4n) is 7.39. The Kier molecular flexibility index (Phi) is 47.3. The monoisotopic (exact) mass is 843 g/mol. The van der Waals surface area contributed by atoms with Gasteiger partial charge in [-0.2, -0.15) is 0 Å². The highest BCUT2D eigenvalue weighted by molar-refractivity contribution is 5.71. The zero-order chi connectivity index (χ0) is 43.7. The first kappa shape index (κ1) is 57.6. The van der Waals surface area contributed by atoms with Gasteiger partial charge in [0.1, 0.15) is 13.2 Å². The number of hydrogen-bond donors (Lipinski definition) is 0. The Bertz CT molecular complexity index is 1020. The van der Waals surface area contributed by atoms with E-state index in [4.69, 9.17) is 14.2 Å². The second kappa shape index (κ2) is 49.3. The molecule has 0 aliphatic heterocycles. The molecule has 0 aromatic carbocycles. The van der Waals surface area contributed by atoms with Gasteiger partial charge in [0.2, 0.25) is 0 Å². The van der Waals surface area contributed by atoms with Crippen LogP contribution in [0.15, 0.2) is 36.5 Å². The average molecular weight is 843 g/mol. The first-order chi connectivity index (χ1) is 29.5. The number of unbranched alkanes of at least 4 members (excludes halogenated alkanes) is 30. The lowest BCUT2D eigenvalue weighted by Gasteiger charge is -2.18. The molecule has 0 fully saturated rings. The lowest BCUT2D eigenvalue weighted by atomic mass is 10.0. The summed E-state index contributed by atoms with van der Waals surface area (Å²) in [5, 5.41) is 0. The van der Waals surface area contributed by atoms with Crippen LogP contribution in [-0.2, 0) is 28.6 Å². The van der Waals surface area contributed by atoms with Crippen molar-refractivity contribution in [2.24, 2.45) is 0 Å². The van der Waals surface area contributed by atoms with E-state index in [2.05, 4.69) is 57.2 Å². The fourth-order valence-corrected chi connectivity index (χ4v) is 7.39. The van der Waals surface area contributed by atoms with E-state index in [9.17, 15) is 14.4 Å². The van der Waals surface area contributed by atoms with E-state index in [0.717, 1.165) is 89.9 Å². The molecule has 0 saturated heterocycles. The highest BCUT2D eigenvalue weighted by Crippen LogP contribution is 2.15. The minimum Gasteiger partial charge on any atom is -0.462 e. The molecule has 0 saturated carbocycles. The Labute approximate surface area is 372 Å². The largest absolute Gasteiger partial charge is 0.462 e. The predicted molar refractivity (Wildman–Crippen MR) is 256 cm³/mol. The van der Waals surface area contributed by atoms with Crippen LogP contribution in [0, 0.1) is 0 Å². The Hall–Kier alpha value is -2.37. The summed E-state index contributed by atoms with van der Waals surface area (Å²) in [5.41, 5.74) is 0. The normalized spacial score (nSPS) is 12.2. The third kappa shape index (κ3) is 46.7. The van der Waals surface area contributed by atoms with Gasteiger partial charge in [0.05, 0.1) is 0 Å². The highest BCUT2D eigenvalue weighted by Gasteiger charge is 2.19. The Morgan fingerprint density at radius 2 is 0.617 bits per heavy atom. The average Bonchev–Trinajstić information content (AvgIpc) is 3.24. The SMILES string of the molecule is CCCC/C=C\C/C=C\CCCCCCCC(=O)O[C@@H](COC(=O)CCCCCCC/C=C\CCCCCCCCC)COC(=O)CCCCCCCCCCCCCC. The minimum atomic E-state index is -0.778. The molecular formula is C54H98O6. The van der Waals surface area contributed by atoms with Crippen molar-refractivity contribution in [1.29, 1.82) is 0 Å². The van der Waals surface area contributed by atoms with Crippen molar-refractivity contribution in [1.82, 2.24) is 0 Å². The maximum Gasteiger partial charge on any atom is 0.306 e. The van der Waals surface area contributed by atoms with Gasteiger partial charge in [0, 0.05) is 19.3 Å². The van der Waals surface area contributed by atoms with Gasteiger partial charge in [0.25, 0.3) is 0 Å². The van der Waals surface area contributed by atoms with E-state index in [0.29, 0.717) is 19.3 Å². The predicted octanol–water partition coefficient (Wildman–Crippen LogP) is 16.9. The molecule has 1 atom stereocenters. The number of rotatable bonds is 47. The molecule has 0 bridgehead atoms. The summed E-state index contributed by atoms with van der Waals surface area (Å²) in [6.07, 6.45) is 56.9. The summed E-state index contributed by atoms with van der Waals surface area (Å²) in [6.45, 7) is 6.59. The van der Waals surface area contributed by atoms with Gasteiger partial charge in [-0.05, 0) is 70.6 Å². The van der Waals surface area contributed by atoms with Crippen molar-refractivity contribution in [2.75, 3.05) is 13.2 Å². The van der Waals surface area contributed by atoms with Gasteiger partial charge in [0.15, 0.2) is 6.10 Å². The van der Waals surface area contributed by atoms with Gasteiger partial charge >= 0.3 is 17.9 Å². The number of carbonyl (C=O) groups excluding carboxylic acids is 3. The quantitative estimate of drug-likeness (QED) is 0.0263. The molecule has 0 unspecified atom stereocenters. The van der Waals surface area contributed by atoms with E-state index in [1.807, 2.05) is 0 Å². The maximum atomic E-state index is 12.8. The van der Waals surface area contributed by atoms with E-state index in [-0.39, 0.29) is 31.1 Å². The van der Waals surface area contributed by atoms with Crippen LogP contribution in [0.1, 0.15) is 271 Å². The summed E-state index contributed by atoms with van der Waals surface area (Å²) in [6, 6.07) is 0. The molecule has 0 spiro atoms. The van der Waals surface area contributed by atoms with Crippen LogP contribution in [0.25, 0.3) is 0 Å². The standard InChI is InChI=1S/C54H98O6/c1-4-7-10-13-16-19-22-25-27-28-30-32-35-38-41-44-47-53(56)59-50-51(49-58-52(55)46-43-40-37-34-31-24-21-18-15-12-9-6-3)60-54(57)48-45-42-39-36-33-29-26-23-20-17-14-11-8-5-2/h14,17,23,26-28,51H,4-13,15-16,18-22,24-25,29-50H2,1-3H3/b17-14-,26-23-,28-27-/t51-/m1/s1. The number of esters is 3. The highest BCUT2D eigenvalue weighted by atomic mass is 16.6. The zero-order valence-electron chi connectivity index (χ0n) is 40.0. The number of allylic oxidation sites excluding steroid dienone is 6. The van der Waals surface area contributed by atoms with Crippen LogP contribution in [0.5, 0.6) is 0 Å². The second-order valence-electron chi connectivity index (χ2n) is 17.4. The van der Waals surface area contributed by atoms with Crippen molar-refractivity contribution in [2.45, 2.75) is 277 Å². The second-order valence-corrected chi connectivity index (χ2v) is 17.4. The summed E-state index contributed by atoms with van der Waals surface area (Å²) in [5.74, 6) is -0.891. The van der Waals surface area contributed by atoms with Gasteiger partial charge < -0.3 is 14.2 Å². The summed E-state index contributed by atoms with van der Waals surface area (Å²) < 4.78 is 16.8. The van der Waals surface area contributed by atoms with Gasteiger partial charge in [-0.3, -0.25) is 14.4 Å². The minimum absolute atomic E-state index is 0.0777. The molecule has 0 radical (unpaired) electrons. The summed E-state index contributed by atoms with van der Waals surface area (Å²) >= 11 is 0. The third-order valence-corrected chi connectivity index (χ3v) is 11.4. The number of ether oxygens (including phenoxy) is 3. The van der Waals surface area contributed by atoms with Crippen molar-refractivity contribution >= 4 is 17.9 Å². The van der Waals surface area contributed by atoms with Crippen LogP contribution in [0.4, 0.5) is 0 Å². The van der Waals surface area contributed by atoms with Crippen molar-refractivity contribution in [3.05, 3.63) is 36.5 Å². The molecule has 0 aromatic heterocycles. The van der Waals surface area contributed by atoms with Crippen molar-refractivity contribution < 1.29 is 28.6 Å². The van der Waals surface area contributed by atoms with E-state index in [1.165, 1.54) is 141 Å². The molecule has 6 nitrogen and oxygen atoms in total. The lowest BCUT2D eigenvalue weighted by molar-refractivity contribution is -0.167. The summed E-state index contributed by atoms with van der Waals surface area (Å²) in [4.78, 5) is 37.9. The molecule has 0 rings (SSSR count). The molecule has 6 heteroatoms. The Morgan fingerprint density at radius 3 is 0.983 bits per heavy atom. The molecule has 0 aliphatic carbocycles. The van der Waals surface area contributed by atoms with Crippen molar-refractivity contribution in [3.63, 3.8) is 0 Å². The molecule has 0 heterocycles. The van der Waals surface area contributed by atoms with Crippen molar-refractivity contribution in [3.8, 4) is 0 Å². The molecule has 350 valence electrons. The van der Waals surface area contributed by atoms with Crippen LogP contribution < -0.4 is 0 Å². The van der Waals surface area contributed by atoms with Gasteiger partial charge in [-0.1, -0.05) is 218 Å². The smallest absolute Gasteiger partial charge is 0.306 e. The summed E-state index contributed by atoms with van der Waals surface area (Å²) in [7, 11) is 0. The van der Waals surface area contributed by atoms with E-state index >= 15 is 0 Å². The Balaban J connectivity index is 4.38. The molecule has 60 heavy (non-hydrogen) atoms. The number of carbonyl (C=O) groups is 3. The Morgan fingerprint density at radius 1 is 0.333 bits per heavy atom. The van der Waals surface area contributed by atoms with E-state index in [1.54, 1.807) is 0 Å². The first-order valence-electron chi connectivity index (χ1n) is 26.0. The molecular weight excluding hydrogens is 745 g/mol. The molecule has 0 aliphatic rings. The molecule has 0 aromatic rings. The zero-order valence-corrected chi connectivity index (χ0v) is 40.0. The van der Waals surface area contributed by atoms with E-state index < -0.39 is 6.10 Å².